The zero-order valence-electron chi connectivity index (χ0n) is 20.3. The number of hydrogen-bond acceptors (Lipinski definition) is 0. The summed E-state index contributed by atoms with van der Waals surface area (Å²) in [7, 11) is 0. The fourth-order valence-corrected chi connectivity index (χ4v) is 4.59. The standard InChI is InChI=1S/C33H23F5/c1-2-3-4-21-5-6-25-18-26(12-11-24(25)17-21)28-13-15-29(31(34)19-28)23-9-7-22(8-10-23)27-14-16-30(32(35)20-27)33(36,37)38/h2,5-20H,1,3-4H2. The first-order valence-corrected chi connectivity index (χ1v) is 12.1. The molecule has 0 radical (unpaired) electrons. The molecule has 0 heterocycles. The Labute approximate surface area is 217 Å². The monoisotopic (exact) mass is 514 g/mol. The van der Waals surface area contributed by atoms with Gasteiger partial charge >= 0.3 is 6.18 Å². The molecule has 0 spiro atoms. The molecule has 0 saturated carbocycles. The van der Waals surface area contributed by atoms with Crippen LogP contribution >= 0.6 is 0 Å². The van der Waals surface area contributed by atoms with Crippen LogP contribution in [0, 0.1) is 11.6 Å². The van der Waals surface area contributed by atoms with Crippen LogP contribution in [0.2, 0.25) is 0 Å². The second-order valence-electron chi connectivity index (χ2n) is 9.19. The largest absolute Gasteiger partial charge is 0.419 e. The molecule has 5 heteroatoms. The smallest absolute Gasteiger partial charge is 0.206 e. The molecule has 0 fully saturated rings. The maximum atomic E-state index is 15.2. The number of rotatable bonds is 6. The third kappa shape index (κ3) is 5.23. The molecule has 0 aromatic heterocycles. The van der Waals surface area contributed by atoms with E-state index in [-0.39, 0.29) is 0 Å². The highest BCUT2D eigenvalue weighted by atomic mass is 19.4. The topological polar surface area (TPSA) is 0 Å². The van der Waals surface area contributed by atoms with Gasteiger partial charge in [-0.2, -0.15) is 13.2 Å². The van der Waals surface area contributed by atoms with Crippen molar-refractivity contribution < 1.29 is 22.0 Å². The van der Waals surface area contributed by atoms with Gasteiger partial charge in [-0.25, -0.2) is 8.78 Å². The Balaban J connectivity index is 1.38. The van der Waals surface area contributed by atoms with Gasteiger partial charge in [-0.05, 0) is 81.3 Å². The van der Waals surface area contributed by atoms with Crippen molar-refractivity contribution in [2.75, 3.05) is 0 Å². The Hall–Kier alpha value is -4.25. The molecule has 0 atom stereocenters. The molecule has 0 bridgehead atoms. The van der Waals surface area contributed by atoms with E-state index in [1.807, 2.05) is 30.3 Å². The maximum absolute atomic E-state index is 15.2. The summed E-state index contributed by atoms with van der Waals surface area (Å²) < 4.78 is 67.7. The number of fused-ring (bicyclic) bond motifs is 1. The Morgan fingerprint density at radius 1 is 0.579 bits per heavy atom. The van der Waals surface area contributed by atoms with E-state index in [9.17, 15) is 17.6 Å². The van der Waals surface area contributed by atoms with Gasteiger partial charge in [-0.3, -0.25) is 0 Å². The summed E-state index contributed by atoms with van der Waals surface area (Å²) in [6, 6.07) is 26.9. The fourth-order valence-electron chi connectivity index (χ4n) is 4.59. The van der Waals surface area contributed by atoms with Gasteiger partial charge in [-0.15, -0.1) is 6.58 Å². The fraction of sp³-hybridized carbons (Fsp3) is 0.0909. The summed E-state index contributed by atoms with van der Waals surface area (Å²) in [6.07, 6.45) is -0.986. The van der Waals surface area contributed by atoms with E-state index in [4.69, 9.17) is 0 Å². The molecule has 5 rings (SSSR count). The van der Waals surface area contributed by atoms with Crippen molar-refractivity contribution in [1.82, 2.24) is 0 Å². The Bertz CT molecular complexity index is 1630. The summed E-state index contributed by atoms with van der Waals surface area (Å²) in [4.78, 5) is 0. The summed E-state index contributed by atoms with van der Waals surface area (Å²) in [5.74, 6) is -1.72. The number of halogens is 5. The van der Waals surface area contributed by atoms with E-state index in [1.165, 1.54) is 17.7 Å². The molecule has 190 valence electrons. The SMILES string of the molecule is C=CCCc1ccc2cc(-c3ccc(-c4ccc(-c5ccc(C(F)(F)F)c(F)c5)cc4)c(F)c3)ccc2c1. The highest BCUT2D eigenvalue weighted by molar-refractivity contribution is 5.88. The van der Waals surface area contributed by atoms with Crippen molar-refractivity contribution in [2.45, 2.75) is 19.0 Å². The molecule has 0 amide bonds. The van der Waals surface area contributed by atoms with Crippen LogP contribution in [0.15, 0.2) is 110 Å². The number of aryl methyl sites for hydroxylation is 1. The van der Waals surface area contributed by atoms with E-state index in [0.29, 0.717) is 22.3 Å². The van der Waals surface area contributed by atoms with Crippen LogP contribution in [0.1, 0.15) is 17.5 Å². The van der Waals surface area contributed by atoms with Gasteiger partial charge in [0.1, 0.15) is 11.6 Å². The average Bonchev–Trinajstić information content (AvgIpc) is 2.91. The average molecular weight is 515 g/mol. The van der Waals surface area contributed by atoms with Crippen LogP contribution in [0.25, 0.3) is 44.2 Å². The van der Waals surface area contributed by atoms with Crippen LogP contribution in [-0.4, -0.2) is 0 Å². The van der Waals surface area contributed by atoms with Crippen LogP contribution in [0.3, 0.4) is 0 Å². The summed E-state index contributed by atoms with van der Waals surface area (Å²) in [5.41, 5.74) is 3.43. The van der Waals surface area contributed by atoms with Gasteiger partial charge in [-0.1, -0.05) is 78.9 Å². The predicted octanol–water partition coefficient (Wildman–Crippen LogP) is 10.3. The first-order valence-electron chi connectivity index (χ1n) is 12.1. The van der Waals surface area contributed by atoms with E-state index in [2.05, 4.69) is 24.8 Å². The molecule has 0 unspecified atom stereocenters. The van der Waals surface area contributed by atoms with E-state index in [0.717, 1.165) is 46.9 Å². The van der Waals surface area contributed by atoms with Gasteiger partial charge in [0.25, 0.3) is 0 Å². The number of hydrogen-bond donors (Lipinski definition) is 0. The van der Waals surface area contributed by atoms with Crippen molar-refractivity contribution in [1.29, 1.82) is 0 Å². The number of benzene rings is 5. The van der Waals surface area contributed by atoms with Gasteiger partial charge in [0.2, 0.25) is 0 Å². The van der Waals surface area contributed by atoms with Crippen LogP contribution in [0.5, 0.6) is 0 Å². The van der Waals surface area contributed by atoms with Gasteiger partial charge in [0.15, 0.2) is 0 Å². The second kappa shape index (κ2) is 10.3. The highest BCUT2D eigenvalue weighted by Crippen LogP contribution is 2.35. The number of allylic oxidation sites excluding steroid dienone is 1. The van der Waals surface area contributed by atoms with Crippen LogP contribution in [0.4, 0.5) is 22.0 Å². The quantitative estimate of drug-likeness (QED) is 0.156. The summed E-state index contributed by atoms with van der Waals surface area (Å²) >= 11 is 0. The lowest BCUT2D eigenvalue weighted by Gasteiger charge is -2.11. The lowest BCUT2D eigenvalue weighted by molar-refractivity contribution is -0.139. The molecule has 0 N–H and O–H groups in total. The molecule has 0 aliphatic heterocycles. The Morgan fingerprint density at radius 3 is 1.82 bits per heavy atom. The van der Waals surface area contributed by atoms with Crippen LogP contribution < -0.4 is 0 Å². The molecule has 5 aromatic rings. The van der Waals surface area contributed by atoms with Crippen molar-refractivity contribution >= 4 is 10.8 Å². The molecule has 0 saturated heterocycles. The predicted molar refractivity (Wildman–Crippen MR) is 144 cm³/mol. The Kier molecular flexibility index (Phi) is 6.85. The molecule has 5 aromatic carbocycles. The molecule has 38 heavy (non-hydrogen) atoms. The van der Waals surface area contributed by atoms with E-state index >= 15 is 4.39 Å². The molecule has 0 aliphatic rings. The van der Waals surface area contributed by atoms with Crippen molar-refractivity contribution in [3.63, 3.8) is 0 Å². The molecule has 0 aliphatic carbocycles. The number of alkyl halides is 3. The second-order valence-corrected chi connectivity index (χ2v) is 9.19. The first-order chi connectivity index (χ1) is 18.2. The van der Waals surface area contributed by atoms with Crippen molar-refractivity contribution in [3.8, 4) is 33.4 Å². The minimum Gasteiger partial charge on any atom is -0.206 e. The van der Waals surface area contributed by atoms with Gasteiger partial charge in [0.05, 0.1) is 5.56 Å². The molecular weight excluding hydrogens is 491 g/mol. The third-order valence-corrected chi connectivity index (χ3v) is 6.65. The molecule has 0 nitrogen and oxygen atoms in total. The summed E-state index contributed by atoms with van der Waals surface area (Å²) in [6.45, 7) is 3.77. The van der Waals surface area contributed by atoms with Gasteiger partial charge in [0, 0.05) is 5.56 Å². The van der Waals surface area contributed by atoms with E-state index < -0.39 is 23.4 Å². The summed E-state index contributed by atoms with van der Waals surface area (Å²) in [5, 5.41) is 2.20. The van der Waals surface area contributed by atoms with Crippen molar-refractivity contribution in [3.05, 3.63) is 132 Å². The minimum absolute atomic E-state index is 0.307. The lowest BCUT2D eigenvalue weighted by atomic mass is 9.95. The zero-order valence-corrected chi connectivity index (χ0v) is 20.3. The highest BCUT2D eigenvalue weighted by Gasteiger charge is 2.33. The third-order valence-electron chi connectivity index (χ3n) is 6.65. The zero-order chi connectivity index (χ0) is 26.9. The van der Waals surface area contributed by atoms with Gasteiger partial charge < -0.3 is 0 Å². The van der Waals surface area contributed by atoms with Crippen LogP contribution in [-0.2, 0) is 12.6 Å². The Morgan fingerprint density at radius 2 is 1.13 bits per heavy atom. The normalized spacial score (nSPS) is 11.6. The van der Waals surface area contributed by atoms with Crippen molar-refractivity contribution in [2.24, 2.45) is 0 Å². The first kappa shape index (κ1) is 25.4. The maximum Gasteiger partial charge on any atom is 0.419 e. The lowest BCUT2D eigenvalue weighted by Crippen LogP contribution is -2.07. The minimum atomic E-state index is -4.75. The van der Waals surface area contributed by atoms with E-state index in [1.54, 1.807) is 30.3 Å². The molecular formula is C33H23F5.